The zero-order valence-electron chi connectivity index (χ0n) is 21.1. The summed E-state index contributed by atoms with van der Waals surface area (Å²) in [6.45, 7) is 2.49. The molecule has 3 aromatic carbocycles. The van der Waals surface area contributed by atoms with Crippen molar-refractivity contribution in [3.8, 4) is 5.75 Å². The molecule has 2 heterocycles. The molecule has 0 aliphatic carbocycles. The van der Waals surface area contributed by atoms with Gasteiger partial charge in [0.1, 0.15) is 16.5 Å². The van der Waals surface area contributed by atoms with Gasteiger partial charge in [-0.05, 0) is 48.5 Å². The van der Waals surface area contributed by atoms with Crippen LogP contribution in [-0.4, -0.2) is 62.4 Å². The number of para-hydroxylation sites is 1. The highest BCUT2D eigenvalue weighted by molar-refractivity contribution is 7.93. The topological polar surface area (TPSA) is 91.8 Å². The standard InChI is InChI=1S/C28H26ClFN4O4S/c1-38-25-16-21(24(30)17-23(25)29)18-33-12-14-34(15-13-33)28(35)20-7-9-22(10-8-20)32-39(36,37)26-6-2-4-19-5-3-11-31-27(19)26/h2-11,16-17,32H,12-15,18H2,1H3. The molecule has 1 aromatic heterocycles. The number of benzene rings is 3. The maximum Gasteiger partial charge on any atom is 0.264 e. The molecule has 1 aliphatic heterocycles. The van der Waals surface area contributed by atoms with Crippen LogP contribution in [0.25, 0.3) is 10.9 Å². The van der Waals surface area contributed by atoms with E-state index >= 15 is 0 Å². The fraction of sp³-hybridized carbons (Fsp3) is 0.214. The maximum absolute atomic E-state index is 14.4. The molecular formula is C28H26ClFN4O4S. The molecule has 8 nitrogen and oxygen atoms in total. The number of anilines is 1. The molecule has 1 saturated heterocycles. The minimum Gasteiger partial charge on any atom is -0.495 e. The summed E-state index contributed by atoms with van der Waals surface area (Å²) >= 11 is 5.99. The third-order valence-corrected chi connectivity index (χ3v) is 8.35. The van der Waals surface area contributed by atoms with Crippen molar-refractivity contribution in [1.29, 1.82) is 0 Å². The summed E-state index contributed by atoms with van der Waals surface area (Å²) in [7, 11) is -2.41. The highest BCUT2D eigenvalue weighted by Crippen LogP contribution is 2.28. The fourth-order valence-electron chi connectivity index (χ4n) is 4.57. The van der Waals surface area contributed by atoms with Crippen LogP contribution in [-0.2, 0) is 16.6 Å². The number of nitrogens with one attached hydrogen (secondary N) is 1. The molecule has 5 rings (SSSR count). The smallest absolute Gasteiger partial charge is 0.264 e. The van der Waals surface area contributed by atoms with Crippen molar-refractivity contribution in [3.63, 3.8) is 0 Å². The largest absolute Gasteiger partial charge is 0.495 e. The summed E-state index contributed by atoms with van der Waals surface area (Å²) in [5.41, 5.74) is 1.65. The van der Waals surface area contributed by atoms with Crippen LogP contribution < -0.4 is 9.46 Å². The predicted molar refractivity (Wildman–Crippen MR) is 148 cm³/mol. The van der Waals surface area contributed by atoms with E-state index in [0.29, 0.717) is 60.8 Å². The van der Waals surface area contributed by atoms with E-state index in [1.54, 1.807) is 65.7 Å². The van der Waals surface area contributed by atoms with Crippen molar-refractivity contribution in [2.75, 3.05) is 38.0 Å². The number of aromatic nitrogens is 1. The van der Waals surface area contributed by atoms with Crippen molar-refractivity contribution >= 4 is 44.1 Å². The Kier molecular flexibility index (Phi) is 7.69. The van der Waals surface area contributed by atoms with Gasteiger partial charge in [-0.1, -0.05) is 29.8 Å². The molecule has 1 aliphatic rings. The Bertz CT molecular complexity index is 1620. The molecule has 0 atom stereocenters. The minimum atomic E-state index is -3.89. The third kappa shape index (κ3) is 5.83. The Hall–Kier alpha value is -3.73. The van der Waals surface area contributed by atoms with Gasteiger partial charge in [0.15, 0.2) is 0 Å². The summed E-state index contributed by atoms with van der Waals surface area (Å²) in [4.78, 5) is 21.2. The molecule has 0 radical (unpaired) electrons. The summed E-state index contributed by atoms with van der Waals surface area (Å²) < 4.78 is 48.2. The number of sulfonamides is 1. The highest BCUT2D eigenvalue weighted by Gasteiger charge is 2.24. The van der Waals surface area contributed by atoms with E-state index < -0.39 is 15.8 Å². The van der Waals surface area contributed by atoms with Gasteiger partial charge >= 0.3 is 0 Å². The first-order valence-electron chi connectivity index (χ1n) is 12.3. The zero-order chi connectivity index (χ0) is 27.6. The van der Waals surface area contributed by atoms with Gasteiger partial charge in [-0.2, -0.15) is 0 Å². The quantitative estimate of drug-likeness (QED) is 0.344. The number of carbonyl (C=O) groups excluding carboxylic acids is 1. The molecule has 1 N–H and O–H groups in total. The van der Waals surface area contributed by atoms with Crippen molar-refractivity contribution in [3.05, 3.63) is 94.9 Å². The molecule has 0 bridgehead atoms. The summed E-state index contributed by atoms with van der Waals surface area (Å²) in [5.74, 6) is -0.130. The molecule has 1 fully saturated rings. The lowest BCUT2D eigenvalue weighted by molar-refractivity contribution is 0.0627. The second kappa shape index (κ2) is 11.2. The van der Waals surface area contributed by atoms with Gasteiger partial charge in [0.2, 0.25) is 0 Å². The SMILES string of the molecule is COc1cc(CN2CCN(C(=O)c3ccc(NS(=O)(=O)c4cccc5cccnc45)cc3)CC2)c(F)cc1Cl. The molecule has 0 spiro atoms. The number of nitrogens with zero attached hydrogens (tertiary/aromatic N) is 3. The van der Waals surface area contributed by atoms with E-state index in [4.69, 9.17) is 16.3 Å². The second-order valence-electron chi connectivity index (χ2n) is 9.16. The van der Waals surface area contributed by atoms with Gasteiger partial charge in [-0.15, -0.1) is 0 Å². The first kappa shape index (κ1) is 26.9. The number of rotatable bonds is 7. The number of ether oxygens (including phenoxy) is 1. The molecule has 4 aromatic rings. The maximum atomic E-state index is 14.4. The van der Waals surface area contributed by atoms with Crippen molar-refractivity contribution < 1.29 is 22.3 Å². The molecule has 0 saturated carbocycles. The lowest BCUT2D eigenvalue weighted by atomic mass is 10.1. The van der Waals surface area contributed by atoms with Crippen LogP contribution in [0.1, 0.15) is 15.9 Å². The van der Waals surface area contributed by atoms with E-state index in [-0.39, 0.29) is 15.8 Å². The molecular weight excluding hydrogens is 543 g/mol. The average Bonchev–Trinajstić information content (AvgIpc) is 2.94. The first-order valence-corrected chi connectivity index (χ1v) is 14.1. The molecule has 39 heavy (non-hydrogen) atoms. The Morgan fingerprint density at radius 2 is 1.77 bits per heavy atom. The number of hydrogen-bond acceptors (Lipinski definition) is 6. The number of pyridine rings is 1. The summed E-state index contributed by atoms with van der Waals surface area (Å²) in [6, 6.07) is 17.7. The van der Waals surface area contributed by atoms with Crippen LogP contribution in [0.15, 0.2) is 77.8 Å². The van der Waals surface area contributed by atoms with Gasteiger partial charge < -0.3 is 9.64 Å². The van der Waals surface area contributed by atoms with Crippen molar-refractivity contribution in [2.24, 2.45) is 0 Å². The van der Waals surface area contributed by atoms with Gasteiger partial charge in [0.25, 0.3) is 15.9 Å². The lowest BCUT2D eigenvalue weighted by Crippen LogP contribution is -2.48. The monoisotopic (exact) mass is 568 g/mol. The zero-order valence-corrected chi connectivity index (χ0v) is 22.7. The van der Waals surface area contributed by atoms with Crippen LogP contribution in [0.5, 0.6) is 5.75 Å². The number of fused-ring (bicyclic) bond motifs is 1. The number of carbonyl (C=O) groups is 1. The van der Waals surface area contributed by atoms with Crippen LogP contribution in [0.3, 0.4) is 0 Å². The third-order valence-electron chi connectivity index (χ3n) is 6.64. The first-order chi connectivity index (χ1) is 18.7. The Labute approximate surface area is 231 Å². The van der Waals surface area contributed by atoms with Crippen molar-refractivity contribution in [1.82, 2.24) is 14.8 Å². The number of amides is 1. The lowest BCUT2D eigenvalue weighted by Gasteiger charge is -2.35. The Morgan fingerprint density at radius 1 is 1.05 bits per heavy atom. The number of halogens is 2. The number of piperazine rings is 1. The second-order valence-corrected chi connectivity index (χ2v) is 11.2. The Morgan fingerprint density at radius 3 is 2.49 bits per heavy atom. The molecule has 11 heteroatoms. The van der Waals surface area contributed by atoms with Gasteiger partial charge in [0, 0.05) is 61.1 Å². The summed E-state index contributed by atoms with van der Waals surface area (Å²) in [6.07, 6.45) is 1.55. The molecule has 0 unspecified atom stereocenters. The van der Waals surface area contributed by atoms with Crippen LogP contribution in [0.4, 0.5) is 10.1 Å². The normalized spacial score (nSPS) is 14.4. The van der Waals surface area contributed by atoms with E-state index in [1.165, 1.54) is 19.2 Å². The highest BCUT2D eigenvalue weighted by atomic mass is 35.5. The van der Waals surface area contributed by atoms with E-state index in [0.717, 1.165) is 5.39 Å². The molecule has 1 amide bonds. The predicted octanol–water partition coefficient (Wildman–Crippen LogP) is 4.79. The number of methoxy groups -OCH3 is 1. The van der Waals surface area contributed by atoms with Crippen molar-refractivity contribution in [2.45, 2.75) is 11.4 Å². The molecule has 202 valence electrons. The fourth-order valence-corrected chi connectivity index (χ4v) is 6.03. The Balaban J connectivity index is 1.21. The van der Waals surface area contributed by atoms with E-state index in [2.05, 4.69) is 14.6 Å². The van der Waals surface area contributed by atoms with E-state index in [9.17, 15) is 17.6 Å². The minimum absolute atomic E-state index is 0.0792. The van der Waals surface area contributed by atoms with Gasteiger partial charge in [-0.3, -0.25) is 19.4 Å². The summed E-state index contributed by atoms with van der Waals surface area (Å²) in [5, 5.41) is 0.943. The van der Waals surface area contributed by atoms with Gasteiger partial charge in [0.05, 0.1) is 17.6 Å². The van der Waals surface area contributed by atoms with Crippen LogP contribution in [0.2, 0.25) is 5.02 Å². The number of hydrogen-bond donors (Lipinski definition) is 1. The van der Waals surface area contributed by atoms with Gasteiger partial charge in [-0.25, -0.2) is 12.8 Å². The van der Waals surface area contributed by atoms with Crippen LogP contribution >= 0.6 is 11.6 Å². The van der Waals surface area contributed by atoms with E-state index in [1.807, 2.05) is 0 Å². The average molecular weight is 569 g/mol. The van der Waals surface area contributed by atoms with Crippen LogP contribution in [0, 0.1) is 5.82 Å².